The number of fused-ring (bicyclic) bond motifs is 3. The molecular formula is C51H34F6N10. The van der Waals surface area contributed by atoms with Crippen LogP contribution in [-0.4, -0.2) is 49.4 Å². The molecule has 4 aromatic heterocycles. The van der Waals surface area contributed by atoms with Crippen LogP contribution in [0.2, 0.25) is 0 Å². The molecule has 10 nitrogen and oxygen atoms in total. The normalized spacial score (nSPS) is 12.0. The summed E-state index contributed by atoms with van der Waals surface area (Å²) in [5.41, 5.74) is 1.05. The molecule has 6 aromatic carbocycles. The molecule has 10 aromatic rings. The van der Waals surface area contributed by atoms with E-state index < -0.39 is 23.5 Å². The standard InChI is InChI=1S/C51H34F6N10/c1-27-58-28(2)61-47(60-27)33-16-19-40-41-20-17-34(48-62-29(3)59-30(4)63-48)25-44(41)67(43(40)24-33)42-23-35(15-18-39(42)36-21-37(50(52,53)54)26-38(22-36)51(55,56)57)49-65-45(31-11-7-5-8-12-31)64-46(66-49)32-13-9-6-10-14-32/h5-26H,1-4H3. The van der Waals surface area contributed by atoms with Crippen molar-refractivity contribution in [2.45, 2.75) is 40.0 Å². The molecule has 0 aliphatic rings. The van der Waals surface area contributed by atoms with E-state index in [2.05, 4.69) is 29.9 Å². The molecular weight excluding hydrogens is 867 g/mol. The van der Waals surface area contributed by atoms with E-state index >= 15 is 0 Å². The van der Waals surface area contributed by atoms with Crippen LogP contribution in [0.15, 0.2) is 133 Å². The van der Waals surface area contributed by atoms with E-state index in [4.69, 9.17) is 15.0 Å². The molecule has 0 unspecified atom stereocenters. The second kappa shape index (κ2) is 16.3. The van der Waals surface area contributed by atoms with Crippen molar-refractivity contribution in [1.29, 1.82) is 0 Å². The molecule has 67 heavy (non-hydrogen) atoms. The highest BCUT2D eigenvalue weighted by Crippen LogP contribution is 2.44. The summed E-state index contributed by atoms with van der Waals surface area (Å²) in [6.45, 7) is 6.98. The first-order valence-electron chi connectivity index (χ1n) is 20.8. The van der Waals surface area contributed by atoms with Crippen molar-refractivity contribution in [1.82, 2.24) is 49.4 Å². The van der Waals surface area contributed by atoms with Gasteiger partial charge < -0.3 is 4.57 Å². The number of hydrogen-bond donors (Lipinski definition) is 0. The number of benzene rings is 6. The number of aromatic nitrogens is 10. The number of aryl methyl sites for hydroxylation is 4. The van der Waals surface area contributed by atoms with Gasteiger partial charge in [0, 0.05) is 44.2 Å². The molecule has 16 heteroatoms. The highest BCUT2D eigenvalue weighted by molar-refractivity contribution is 6.11. The molecule has 0 bridgehead atoms. The Bertz CT molecular complexity index is 3320. The molecule has 0 spiro atoms. The molecule has 0 amide bonds. The van der Waals surface area contributed by atoms with Gasteiger partial charge in [0.15, 0.2) is 29.1 Å². The van der Waals surface area contributed by atoms with Crippen molar-refractivity contribution in [2.24, 2.45) is 0 Å². The predicted molar refractivity (Wildman–Crippen MR) is 243 cm³/mol. The van der Waals surface area contributed by atoms with Crippen LogP contribution in [0.1, 0.15) is 34.4 Å². The van der Waals surface area contributed by atoms with Crippen molar-refractivity contribution in [3.8, 4) is 73.8 Å². The average Bonchev–Trinajstić information content (AvgIpc) is 3.63. The Labute approximate surface area is 378 Å². The maximum Gasteiger partial charge on any atom is 0.416 e. The topological polar surface area (TPSA) is 121 Å². The van der Waals surface area contributed by atoms with Gasteiger partial charge in [0.2, 0.25) is 0 Å². The maximum absolute atomic E-state index is 14.6. The van der Waals surface area contributed by atoms with Crippen LogP contribution in [0, 0.1) is 27.7 Å². The van der Waals surface area contributed by atoms with Gasteiger partial charge in [-0.2, -0.15) is 26.3 Å². The molecule has 0 atom stereocenters. The van der Waals surface area contributed by atoms with Crippen LogP contribution in [0.5, 0.6) is 0 Å². The van der Waals surface area contributed by atoms with Crippen molar-refractivity contribution in [2.75, 3.05) is 0 Å². The Balaban J connectivity index is 1.33. The number of nitrogens with zero attached hydrogens (tertiary/aromatic N) is 10. The first-order chi connectivity index (χ1) is 32.1. The largest absolute Gasteiger partial charge is 0.416 e. The number of rotatable bonds is 7. The van der Waals surface area contributed by atoms with Crippen molar-refractivity contribution < 1.29 is 26.3 Å². The maximum atomic E-state index is 14.6. The van der Waals surface area contributed by atoms with Crippen LogP contribution in [0.25, 0.3) is 95.6 Å². The summed E-state index contributed by atoms with van der Waals surface area (Å²) in [7, 11) is 0. The van der Waals surface area contributed by atoms with Gasteiger partial charge in [0.05, 0.1) is 27.8 Å². The van der Waals surface area contributed by atoms with E-state index in [1.54, 1.807) is 39.8 Å². The lowest BCUT2D eigenvalue weighted by atomic mass is 9.96. The lowest BCUT2D eigenvalue weighted by Crippen LogP contribution is -2.11. The molecule has 0 fully saturated rings. The number of hydrogen-bond acceptors (Lipinski definition) is 9. The summed E-state index contributed by atoms with van der Waals surface area (Å²) in [5.74, 6) is 3.57. The Hall–Kier alpha value is -8.27. The quantitative estimate of drug-likeness (QED) is 0.144. The van der Waals surface area contributed by atoms with Gasteiger partial charge >= 0.3 is 12.4 Å². The average molecular weight is 901 g/mol. The number of halogens is 6. The minimum atomic E-state index is -5.11. The van der Waals surface area contributed by atoms with Crippen molar-refractivity contribution in [3.63, 3.8) is 0 Å². The predicted octanol–water partition coefficient (Wildman–Crippen LogP) is 12.6. The second-order valence-electron chi connectivity index (χ2n) is 15.9. The monoisotopic (exact) mass is 900 g/mol. The van der Waals surface area contributed by atoms with Gasteiger partial charge in [-0.15, -0.1) is 0 Å². The lowest BCUT2D eigenvalue weighted by molar-refractivity contribution is -0.143. The third kappa shape index (κ3) is 8.33. The fourth-order valence-electron chi connectivity index (χ4n) is 8.19. The van der Waals surface area contributed by atoms with E-state index in [1.807, 2.05) is 102 Å². The van der Waals surface area contributed by atoms with Crippen LogP contribution in [0.3, 0.4) is 0 Å². The zero-order chi connectivity index (χ0) is 46.8. The van der Waals surface area contributed by atoms with Gasteiger partial charge in [-0.25, -0.2) is 44.9 Å². The first-order valence-corrected chi connectivity index (χ1v) is 20.8. The van der Waals surface area contributed by atoms with Gasteiger partial charge in [-0.1, -0.05) is 97.1 Å². The van der Waals surface area contributed by atoms with E-state index in [0.717, 1.165) is 12.1 Å². The number of alkyl halides is 6. The Kier molecular flexibility index (Phi) is 10.4. The SMILES string of the molecule is Cc1nc(C)nc(-c2ccc3c4ccc(-c5nc(C)nc(C)n5)cc4n(-c4cc(-c5nc(-c6ccccc6)nc(-c6ccccc6)n5)ccc4-c4cc(C(F)(F)F)cc(C(F)(F)F)c4)c3c2)n1. The van der Waals surface area contributed by atoms with Gasteiger partial charge in [0.25, 0.3) is 0 Å². The van der Waals surface area contributed by atoms with E-state index in [-0.39, 0.29) is 28.7 Å². The highest BCUT2D eigenvalue weighted by atomic mass is 19.4. The Morgan fingerprint density at radius 1 is 0.343 bits per heavy atom. The zero-order valence-corrected chi connectivity index (χ0v) is 35.9. The minimum absolute atomic E-state index is 0.0503. The summed E-state index contributed by atoms with van der Waals surface area (Å²) in [5, 5.41) is 1.43. The fraction of sp³-hybridized carbons (Fsp3) is 0.118. The molecule has 0 aliphatic heterocycles. The summed E-state index contributed by atoms with van der Waals surface area (Å²) in [6, 6.07) is 36.0. The van der Waals surface area contributed by atoms with Gasteiger partial charge in [-0.3, -0.25) is 0 Å². The van der Waals surface area contributed by atoms with E-state index in [0.29, 0.717) is 96.2 Å². The second-order valence-corrected chi connectivity index (χ2v) is 15.9. The fourth-order valence-corrected chi connectivity index (χ4v) is 8.19. The van der Waals surface area contributed by atoms with Crippen LogP contribution in [0.4, 0.5) is 26.3 Å². The van der Waals surface area contributed by atoms with Crippen LogP contribution < -0.4 is 0 Å². The molecule has 4 heterocycles. The van der Waals surface area contributed by atoms with Crippen molar-refractivity contribution >= 4 is 21.8 Å². The molecule has 0 N–H and O–H groups in total. The van der Waals surface area contributed by atoms with E-state index in [1.165, 1.54) is 6.07 Å². The molecule has 0 aliphatic carbocycles. The van der Waals surface area contributed by atoms with Crippen LogP contribution in [-0.2, 0) is 12.4 Å². The van der Waals surface area contributed by atoms with E-state index in [9.17, 15) is 26.3 Å². The third-order valence-electron chi connectivity index (χ3n) is 11.1. The van der Waals surface area contributed by atoms with Crippen molar-refractivity contribution in [3.05, 3.63) is 168 Å². The molecule has 0 saturated heterocycles. The minimum Gasteiger partial charge on any atom is -0.309 e. The summed E-state index contributed by atoms with van der Waals surface area (Å²) in [6.07, 6.45) is -10.2. The van der Waals surface area contributed by atoms with Gasteiger partial charge in [0.1, 0.15) is 23.3 Å². The zero-order valence-electron chi connectivity index (χ0n) is 35.9. The lowest BCUT2D eigenvalue weighted by Gasteiger charge is -2.19. The molecule has 10 rings (SSSR count). The summed E-state index contributed by atoms with van der Waals surface area (Å²) in [4.78, 5) is 41.7. The third-order valence-corrected chi connectivity index (χ3v) is 11.1. The molecule has 330 valence electrons. The summed E-state index contributed by atoms with van der Waals surface area (Å²) < 4.78 is 89.3. The highest BCUT2D eigenvalue weighted by Gasteiger charge is 2.37. The Morgan fingerprint density at radius 2 is 0.716 bits per heavy atom. The summed E-state index contributed by atoms with van der Waals surface area (Å²) >= 11 is 0. The smallest absolute Gasteiger partial charge is 0.309 e. The molecule has 0 radical (unpaired) electrons. The first kappa shape index (κ1) is 42.7. The Morgan fingerprint density at radius 3 is 1.13 bits per heavy atom. The van der Waals surface area contributed by atoms with Gasteiger partial charge in [-0.05, 0) is 69.7 Å². The van der Waals surface area contributed by atoms with Crippen LogP contribution >= 0.6 is 0 Å². The molecule has 0 saturated carbocycles.